The van der Waals surface area contributed by atoms with E-state index in [-0.39, 0.29) is 6.04 Å². The summed E-state index contributed by atoms with van der Waals surface area (Å²) in [6, 6.07) is 10.4. The van der Waals surface area contributed by atoms with E-state index in [0.717, 1.165) is 21.4 Å². The number of fused-ring (bicyclic) bond motifs is 1. The maximum atomic E-state index is 5.72. The van der Waals surface area contributed by atoms with Crippen LogP contribution < -0.4 is 11.3 Å². The van der Waals surface area contributed by atoms with Crippen LogP contribution in [0.1, 0.15) is 17.3 Å². The van der Waals surface area contributed by atoms with Gasteiger partial charge in [-0.1, -0.05) is 18.2 Å². The molecule has 20 heavy (non-hydrogen) atoms. The molecule has 0 bridgehead atoms. The molecule has 2 heterocycles. The van der Waals surface area contributed by atoms with Gasteiger partial charge in [-0.25, -0.2) is 0 Å². The van der Waals surface area contributed by atoms with Gasteiger partial charge in [0, 0.05) is 18.9 Å². The van der Waals surface area contributed by atoms with Crippen molar-refractivity contribution in [2.24, 2.45) is 12.9 Å². The Bertz CT molecular complexity index is 734. The average Bonchev–Trinajstić information content (AvgIpc) is 3.01. The molecule has 0 spiro atoms. The first kappa shape index (κ1) is 13.8. The fourth-order valence-corrected chi connectivity index (χ4v) is 3.64. The summed E-state index contributed by atoms with van der Waals surface area (Å²) in [5.74, 6) is 5.72. The fourth-order valence-electron chi connectivity index (χ4n) is 2.41. The molecular weight excluding hydrogens is 336 g/mol. The van der Waals surface area contributed by atoms with Crippen molar-refractivity contribution in [1.29, 1.82) is 0 Å². The summed E-state index contributed by atoms with van der Waals surface area (Å²) < 4.78 is 3.03. The first-order valence-electron chi connectivity index (χ1n) is 6.29. The van der Waals surface area contributed by atoms with Crippen molar-refractivity contribution >= 4 is 38.2 Å². The lowest BCUT2D eigenvalue weighted by Crippen LogP contribution is -2.29. The van der Waals surface area contributed by atoms with Crippen LogP contribution in [-0.2, 0) is 13.5 Å². The van der Waals surface area contributed by atoms with Gasteiger partial charge in [0.05, 0.1) is 21.0 Å². The Morgan fingerprint density at radius 3 is 2.95 bits per heavy atom. The zero-order valence-corrected chi connectivity index (χ0v) is 13.4. The Morgan fingerprint density at radius 1 is 1.45 bits per heavy atom. The number of nitrogens with zero attached hydrogens (tertiary/aromatic N) is 2. The molecule has 0 aliphatic heterocycles. The molecule has 3 N–H and O–H groups in total. The molecule has 0 aliphatic rings. The van der Waals surface area contributed by atoms with E-state index in [0.29, 0.717) is 0 Å². The number of rotatable bonds is 4. The molecule has 0 radical (unpaired) electrons. The standard InChI is InChI=1S/C14H15BrN4S/c1-19-13-5-3-2-4-10(13)12(18-19)7-11(17-16)9-6-14(15)20-8-9/h2-6,8,11,17H,7,16H2,1H3. The molecule has 4 nitrogen and oxygen atoms in total. The first-order valence-corrected chi connectivity index (χ1v) is 7.97. The van der Waals surface area contributed by atoms with E-state index in [1.165, 1.54) is 10.9 Å². The number of nitrogens with one attached hydrogen (secondary N) is 1. The molecule has 6 heteroatoms. The number of benzene rings is 1. The molecule has 0 aliphatic carbocycles. The Labute approximate surface area is 129 Å². The second kappa shape index (κ2) is 5.65. The van der Waals surface area contributed by atoms with Crippen LogP contribution in [-0.4, -0.2) is 9.78 Å². The van der Waals surface area contributed by atoms with E-state index < -0.39 is 0 Å². The predicted octanol–water partition coefficient (Wildman–Crippen LogP) is 3.14. The summed E-state index contributed by atoms with van der Waals surface area (Å²) in [6.45, 7) is 0. The number of thiophene rings is 1. The molecule has 0 fully saturated rings. The molecule has 0 amide bonds. The number of para-hydroxylation sites is 1. The van der Waals surface area contributed by atoms with Crippen molar-refractivity contribution in [3.05, 3.63) is 50.8 Å². The molecule has 2 aromatic heterocycles. The molecule has 0 saturated heterocycles. The third kappa shape index (κ3) is 2.52. The van der Waals surface area contributed by atoms with Gasteiger partial charge in [-0.05, 0) is 39.0 Å². The average molecular weight is 351 g/mol. The topological polar surface area (TPSA) is 55.9 Å². The number of hydrogen-bond donors (Lipinski definition) is 2. The highest BCUT2D eigenvalue weighted by atomic mass is 79.9. The quantitative estimate of drug-likeness (QED) is 0.561. The number of hydrogen-bond acceptors (Lipinski definition) is 4. The van der Waals surface area contributed by atoms with Crippen LogP contribution in [0, 0.1) is 0 Å². The molecule has 1 atom stereocenters. The zero-order chi connectivity index (χ0) is 14.1. The van der Waals surface area contributed by atoms with Crippen LogP contribution in [0.15, 0.2) is 39.5 Å². The van der Waals surface area contributed by atoms with Gasteiger partial charge in [-0.3, -0.25) is 16.0 Å². The molecule has 0 saturated carbocycles. The maximum Gasteiger partial charge on any atom is 0.0722 e. The lowest BCUT2D eigenvalue weighted by Gasteiger charge is -2.13. The number of aromatic nitrogens is 2. The summed E-state index contributed by atoms with van der Waals surface area (Å²) in [5.41, 5.74) is 6.28. The van der Waals surface area contributed by atoms with Crippen molar-refractivity contribution < 1.29 is 0 Å². The highest BCUT2D eigenvalue weighted by Gasteiger charge is 2.16. The van der Waals surface area contributed by atoms with Gasteiger partial charge in [0.1, 0.15) is 0 Å². The second-order valence-electron chi connectivity index (χ2n) is 4.69. The van der Waals surface area contributed by atoms with Crippen LogP contribution in [0.5, 0.6) is 0 Å². The van der Waals surface area contributed by atoms with Gasteiger partial charge in [0.15, 0.2) is 0 Å². The summed E-state index contributed by atoms with van der Waals surface area (Å²) >= 11 is 5.15. The smallest absolute Gasteiger partial charge is 0.0722 e. The van der Waals surface area contributed by atoms with E-state index in [4.69, 9.17) is 5.84 Å². The molecule has 104 valence electrons. The van der Waals surface area contributed by atoms with Crippen LogP contribution in [0.3, 0.4) is 0 Å². The molecule has 3 aromatic rings. The highest BCUT2D eigenvalue weighted by Crippen LogP contribution is 2.28. The third-order valence-corrected chi connectivity index (χ3v) is 4.95. The highest BCUT2D eigenvalue weighted by molar-refractivity contribution is 9.11. The summed E-state index contributed by atoms with van der Waals surface area (Å²) in [4.78, 5) is 0. The van der Waals surface area contributed by atoms with Crippen molar-refractivity contribution in [3.8, 4) is 0 Å². The van der Waals surface area contributed by atoms with Crippen molar-refractivity contribution in [3.63, 3.8) is 0 Å². The van der Waals surface area contributed by atoms with Gasteiger partial charge in [0.25, 0.3) is 0 Å². The SMILES string of the molecule is Cn1nc(CC(NN)c2csc(Br)c2)c2ccccc21. The number of nitrogens with two attached hydrogens (primary N) is 1. The van der Waals surface area contributed by atoms with E-state index >= 15 is 0 Å². The maximum absolute atomic E-state index is 5.72. The Balaban J connectivity index is 1.95. The predicted molar refractivity (Wildman–Crippen MR) is 86.5 cm³/mol. The van der Waals surface area contributed by atoms with Crippen LogP contribution in [0.4, 0.5) is 0 Å². The fraction of sp³-hybridized carbons (Fsp3) is 0.214. The second-order valence-corrected chi connectivity index (χ2v) is 6.99. The monoisotopic (exact) mass is 350 g/mol. The van der Waals surface area contributed by atoms with Crippen molar-refractivity contribution in [2.45, 2.75) is 12.5 Å². The van der Waals surface area contributed by atoms with Gasteiger partial charge in [0.2, 0.25) is 0 Å². The first-order chi connectivity index (χ1) is 9.69. The Morgan fingerprint density at radius 2 is 2.25 bits per heavy atom. The van der Waals surface area contributed by atoms with Gasteiger partial charge < -0.3 is 0 Å². The lowest BCUT2D eigenvalue weighted by atomic mass is 10.0. The number of aryl methyl sites for hydroxylation is 1. The third-order valence-electron chi connectivity index (χ3n) is 3.42. The minimum Gasteiger partial charge on any atom is -0.271 e. The summed E-state index contributed by atoms with van der Waals surface area (Å²) in [5, 5.41) is 7.92. The largest absolute Gasteiger partial charge is 0.271 e. The minimum atomic E-state index is 0.0656. The van der Waals surface area contributed by atoms with Gasteiger partial charge in [-0.2, -0.15) is 5.10 Å². The van der Waals surface area contributed by atoms with Crippen molar-refractivity contribution in [2.75, 3.05) is 0 Å². The zero-order valence-electron chi connectivity index (χ0n) is 11.0. The summed E-state index contributed by atoms with van der Waals surface area (Å²) in [7, 11) is 1.97. The summed E-state index contributed by atoms with van der Waals surface area (Å²) in [6.07, 6.45) is 0.765. The lowest BCUT2D eigenvalue weighted by molar-refractivity contribution is 0.544. The van der Waals surface area contributed by atoms with Gasteiger partial charge >= 0.3 is 0 Å². The van der Waals surface area contributed by atoms with Crippen LogP contribution in [0.25, 0.3) is 10.9 Å². The van der Waals surface area contributed by atoms with Gasteiger partial charge in [-0.15, -0.1) is 11.3 Å². The molecule has 1 unspecified atom stereocenters. The van der Waals surface area contributed by atoms with E-state index in [1.54, 1.807) is 11.3 Å². The Kier molecular flexibility index (Phi) is 3.89. The normalized spacial score (nSPS) is 12.9. The molecule has 3 rings (SSSR count). The molecular formula is C14H15BrN4S. The molecule has 1 aromatic carbocycles. The Hall–Kier alpha value is -1.21. The number of halogens is 1. The number of hydrazine groups is 1. The minimum absolute atomic E-state index is 0.0656. The van der Waals surface area contributed by atoms with E-state index in [9.17, 15) is 0 Å². The van der Waals surface area contributed by atoms with E-state index in [1.807, 2.05) is 23.9 Å². The van der Waals surface area contributed by atoms with Crippen molar-refractivity contribution in [1.82, 2.24) is 15.2 Å². The van der Waals surface area contributed by atoms with Crippen LogP contribution in [0.2, 0.25) is 0 Å². The van der Waals surface area contributed by atoms with E-state index in [2.05, 4.69) is 50.0 Å². The van der Waals surface area contributed by atoms with Crippen LogP contribution >= 0.6 is 27.3 Å².